The zero-order valence-corrected chi connectivity index (χ0v) is 13.2. The molecule has 2 atom stereocenters. The zero-order valence-electron chi connectivity index (χ0n) is 13.2. The lowest BCUT2D eigenvalue weighted by atomic mass is 9.85. The van der Waals surface area contributed by atoms with Crippen LogP contribution in [-0.2, 0) is 4.74 Å². The van der Waals surface area contributed by atoms with Gasteiger partial charge in [-0.25, -0.2) is 0 Å². The van der Waals surface area contributed by atoms with E-state index >= 15 is 0 Å². The van der Waals surface area contributed by atoms with Crippen LogP contribution in [0.1, 0.15) is 48.0 Å². The summed E-state index contributed by atoms with van der Waals surface area (Å²) in [4.78, 5) is 0. The quantitative estimate of drug-likeness (QED) is 0.525. The summed E-state index contributed by atoms with van der Waals surface area (Å²) >= 11 is 0. The molecule has 1 aliphatic heterocycles. The van der Waals surface area contributed by atoms with E-state index in [9.17, 15) is 0 Å². The van der Waals surface area contributed by atoms with Crippen LogP contribution < -0.4 is 0 Å². The lowest BCUT2D eigenvalue weighted by Crippen LogP contribution is -2.29. The Morgan fingerprint density at radius 3 is 2.22 bits per heavy atom. The molecule has 18 heavy (non-hydrogen) atoms. The molecule has 2 unspecified atom stereocenters. The highest BCUT2D eigenvalue weighted by molar-refractivity contribution is 5.05. The molecule has 0 N–H and O–H groups in total. The predicted molar refractivity (Wildman–Crippen MR) is 83.9 cm³/mol. The molecule has 1 heterocycles. The summed E-state index contributed by atoms with van der Waals surface area (Å²) in [7, 11) is 0. The molecule has 0 aromatic heterocycles. The average molecular weight is 252 g/mol. The molecule has 0 bridgehead atoms. The van der Waals surface area contributed by atoms with E-state index in [4.69, 9.17) is 4.74 Å². The highest BCUT2D eigenvalue weighted by Crippen LogP contribution is 2.26. The van der Waals surface area contributed by atoms with Gasteiger partial charge in [-0.1, -0.05) is 52.0 Å². The van der Waals surface area contributed by atoms with Gasteiger partial charge < -0.3 is 4.74 Å². The Labute approximate surface area is 115 Å². The lowest BCUT2D eigenvalue weighted by molar-refractivity contribution is -0.0208. The van der Waals surface area contributed by atoms with Crippen LogP contribution in [0.15, 0.2) is 37.5 Å². The molecule has 0 spiro atoms. The van der Waals surface area contributed by atoms with E-state index in [2.05, 4.69) is 65.2 Å². The fourth-order valence-electron chi connectivity index (χ4n) is 1.86. The molecule has 0 saturated heterocycles. The second kappa shape index (κ2) is 11.3. The van der Waals surface area contributed by atoms with Crippen molar-refractivity contribution >= 4 is 0 Å². The second-order valence-corrected chi connectivity index (χ2v) is 4.92. The topological polar surface area (TPSA) is 9.23 Å². The molecule has 0 aliphatic carbocycles. The summed E-state index contributed by atoms with van der Waals surface area (Å²) in [6.45, 7) is 19.6. The van der Waals surface area contributed by atoms with Crippen molar-refractivity contribution in [2.75, 3.05) is 6.61 Å². The van der Waals surface area contributed by atoms with Crippen molar-refractivity contribution in [1.82, 2.24) is 0 Å². The largest absolute Gasteiger partial charge is 0.372 e. The highest BCUT2D eigenvalue weighted by atomic mass is 16.5. The van der Waals surface area contributed by atoms with Gasteiger partial charge in [0.25, 0.3) is 0 Å². The zero-order chi connectivity index (χ0) is 14.6. The Bertz CT molecular complexity index is 238. The van der Waals surface area contributed by atoms with Gasteiger partial charge in [0.15, 0.2) is 0 Å². The fraction of sp³-hybridized carbons (Fsp3) is 0.647. The molecule has 0 saturated carbocycles. The third-order valence-corrected chi connectivity index (χ3v) is 2.94. The monoisotopic (exact) mass is 252 g/mol. The standard InChI is InChI=1S/C13H22O.C2H6.C2H4/c1-11-8-6-5-7-9-14-13(3,4)10-12(11)2;2*1-2/h5-8,11-12H,9-10H2,1-4H3;1-2H3;1-2H2/b7-5-,8-6-;;. The summed E-state index contributed by atoms with van der Waals surface area (Å²) in [6, 6.07) is 0. The average Bonchev–Trinajstić information content (AvgIpc) is 2.36. The summed E-state index contributed by atoms with van der Waals surface area (Å²) in [5, 5.41) is 0. The van der Waals surface area contributed by atoms with Gasteiger partial charge in [0.1, 0.15) is 0 Å². The Morgan fingerprint density at radius 2 is 1.67 bits per heavy atom. The Hall–Kier alpha value is -0.820. The molecule has 106 valence electrons. The van der Waals surface area contributed by atoms with E-state index in [1.165, 1.54) is 0 Å². The molecule has 1 aliphatic rings. The summed E-state index contributed by atoms with van der Waals surface area (Å²) in [6.07, 6.45) is 9.67. The maximum atomic E-state index is 5.80. The minimum Gasteiger partial charge on any atom is -0.372 e. The minimum atomic E-state index is 0.00317. The second-order valence-electron chi connectivity index (χ2n) is 4.92. The van der Waals surface area contributed by atoms with Gasteiger partial charge in [-0.3, -0.25) is 0 Å². The van der Waals surface area contributed by atoms with Gasteiger partial charge in [0.2, 0.25) is 0 Å². The van der Waals surface area contributed by atoms with Crippen molar-refractivity contribution in [3.63, 3.8) is 0 Å². The van der Waals surface area contributed by atoms with Crippen LogP contribution in [0.2, 0.25) is 0 Å². The number of rotatable bonds is 0. The van der Waals surface area contributed by atoms with E-state index < -0.39 is 0 Å². The van der Waals surface area contributed by atoms with E-state index in [0.717, 1.165) is 13.0 Å². The van der Waals surface area contributed by atoms with Crippen molar-refractivity contribution in [1.29, 1.82) is 0 Å². The summed E-state index contributed by atoms with van der Waals surface area (Å²) in [5.41, 5.74) is 0.00317. The Balaban J connectivity index is 0. The van der Waals surface area contributed by atoms with Crippen LogP contribution in [0.3, 0.4) is 0 Å². The highest BCUT2D eigenvalue weighted by Gasteiger charge is 2.23. The van der Waals surface area contributed by atoms with E-state index in [1.54, 1.807) is 0 Å². The van der Waals surface area contributed by atoms with Gasteiger partial charge in [-0.05, 0) is 32.1 Å². The van der Waals surface area contributed by atoms with E-state index in [1.807, 2.05) is 13.8 Å². The van der Waals surface area contributed by atoms with Gasteiger partial charge in [-0.2, -0.15) is 0 Å². The first-order valence-electron chi connectivity index (χ1n) is 6.98. The van der Waals surface area contributed by atoms with E-state index in [-0.39, 0.29) is 5.60 Å². The maximum absolute atomic E-state index is 5.80. The third kappa shape index (κ3) is 9.23. The van der Waals surface area contributed by atoms with Crippen LogP contribution in [0.4, 0.5) is 0 Å². The van der Waals surface area contributed by atoms with Crippen molar-refractivity contribution in [3.05, 3.63) is 37.5 Å². The Kier molecular flexibility index (Phi) is 12.2. The normalized spacial score (nSPS) is 29.7. The first-order valence-corrected chi connectivity index (χ1v) is 6.98. The van der Waals surface area contributed by atoms with Crippen LogP contribution in [-0.4, -0.2) is 12.2 Å². The first kappa shape index (κ1) is 19.5. The van der Waals surface area contributed by atoms with Crippen LogP contribution >= 0.6 is 0 Å². The molecule has 0 radical (unpaired) electrons. The SMILES string of the molecule is C=C.CC.CC1/C=C\C=C/COC(C)(C)CC1C. The molecule has 0 aromatic rings. The molecule has 1 rings (SSSR count). The maximum Gasteiger partial charge on any atom is 0.0657 e. The van der Waals surface area contributed by atoms with Crippen molar-refractivity contribution < 1.29 is 4.74 Å². The molecular formula is C17H32O. The van der Waals surface area contributed by atoms with E-state index in [0.29, 0.717) is 11.8 Å². The molecule has 0 aromatic carbocycles. The molecule has 0 amide bonds. The number of ether oxygens (including phenoxy) is 1. The van der Waals surface area contributed by atoms with Crippen LogP contribution in [0.25, 0.3) is 0 Å². The van der Waals surface area contributed by atoms with Gasteiger partial charge in [0.05, 0.1) is 12.2 Å². The Morgan fingerprint density at radius 1 is 1.11 bits per heavy atom. The summed E-state index contributed by atoms with van der Waals surface area (Å²) in [5.74, 6) is 1.30. The number of hydrogen-bond donors (Lipinski definition) is 0. The van der Waals surface area contributed by atoms with Crippen LogP contribution in [0, 0.1) is 11.8 Å². The predicted octanol–water partition coefficient (Wildman–Crippen LogP) is 5.40. The third-order valence-electron chi connectivity index (χ3n) is 2.94. The van der Waals surface area contributed by atoms with Crippen molar-refractivity contribution in [2.45, 2.75) is 53.6 Å². The number of allylic oxidation sites excluding steroid dienone is 3. The van der Waals surface area contributed by atoms with Crippen molar-refractivity contribution in [3.8, 4) is 0 Å². The molecule has 0 fully saturated rings. The fourth-order valence-corrected chi connectivity index (χ4v) is 1.86. The van der Waals surface area contributed by atoms with Gasteiger partial charge in [-0.15, -0.1) is 13.2 Å². The molecule has 1 heteroatoms. The first-order chi connectivity index (χ1) is 8.51. The lowest BCUT2D eigenvalue weighted by Gasteiger charge is -2.30. The summed E-state index contributed by atoms with van der Waals surface area (Å²) < 4.78 is 5.80. The minimum absolute atomic E-state index is 0.00317. The molecular weight excluding hydrogens is 220 g/mol. The molecule has 1 nitrogen and oxygen atoms in total. The van der Waals surface area contributed by atoms with Gasteiger partial charge in [0, 0.05) is 0 Å². The van der Waals surface area contributed by atoms with Gasteiger partial charge >= 0.3 is 0 Å². The van der Waals surface area contributed by atoms with Crippen molar-refractivity contribution in [2.24, 2.45) is 11.8 Å². The van der Waals surface area contributed by atoms with Crippen LogP contribution in [0.5, 0.6) is 0 Å². The number of hydrogen-bond acceptors (Lipinski definition) is 1. The smallest absolute Gasteiger partial charge is 0.0657 e.